The first-order valence-corrected chi connectivity index (χ1v) is 15.4. The molecule has 40 heavy (non-hydrogen) atoms. The van der Waals surface area contributed by atoms with Crippen molar-refractivity contribution in [3.8, 4) is 0 Å². The van der Waals surface area contributed by atoms with E-state index in [2.05, 4.69) is 24.9 Å². The first-order chi connectivity index (χ1) is 19.5. The second-order valence-corrected chi connectivity index (χ2v) is 13.3. The third-order valence-corrected chi connectivity index (χ3v) is 10.8. The average Bonchev–Trinajstić information content (AvgIpc) is 3.57. The van der Waals surface area contributed by atoms with Crippen LogP contribution in [0.3, 0.4) is 0 Å². The minimum absolute atomic E-state index is 0.162. The fourth-order valence-electron chi connectivity index (χ4n) is 9.31. The van der Waals surface area contributed by atoms with Gasteiger partial charge in [-0.05, 0) is 94.7 Å². The Labute approximate surface area is 233 Å². The zero-order valence-electron chi connectivity index (χ0n) is 23.0. The summed E-state index contributed by atoms with van der Waals surface area (Å²) in [6.45, 7) is 3.53. The van der Waals surface area contributed by atoms with Crippen molar-refractivity contribution in [1.82, 2.24) is 29.5 Å². The molecule has 5 atom stereocenters. The van der Waals surface area contributed by atoms with E-state index >= 15 is 0 Å². The van der Waals surface area contributed by atoms with E-state index in [-0.39, 0.29) is 6.04 Å². The number of amides is 2. The summed E-state index contributed by atoms with van der Waals surface area (Å²) in [4.78, 5) is 38.6. The van der Waals surface area contributed by atoms with E-state index < -0.39 is 17.4 Å². The van der Waals surface area contributed by atoms with Crippen molar-refractivity contribution in [3.63, 3.8) is 0 Å². The first kappa shape index (κ1) is 24.8. The lowest BCUT2D eigenvalue weighted by Gasteiger charge is -2.57. The average molecular weight is 546 g/mol. The van der Waals surface area contributed by atoms with E-state index in [0.717, 1.165) is 80.0 Å². The smallest absolute Gasteiger partial charge is 0.315 e. The maximum absolute atomic E-state index is 13.3. The normalized spacial score (nSPS) is 32.8. The summed E-state index contributed by atoms with van der Waals surface area (Å²) in [5, 5.41) is 20.8. The molecule has 6 aliphatic rings. The molecule has 0 radical (unpaired) electrons. The van der Waals surface area contributed by atoms with Crippen LogP contribution in [0.2, 0.25) is 0 Å². The molecule has 2 aliphatic heterocycles. The molecule has 4 bridgehead atoms. The summed E-state index contributed by atoms with van der Waals surface area (Å²) in [5.41, 5.74) is 1.19. The number of nitrogens with one attached hydrogen (secondary N) is 2. The second kappa shape index (κ2) is 9.27. The number of rotatable bonds is 3. The van der Waals surface area contributed by atoms with Gasteiger partial charge >= 0.3 is 11.8 Å². The molecule has 10 heteroatoms. The highest BCUT2D eigenvalue weighted by Crippen LogP contribution is 2.60. The van der Waals surface area contributed by atoms with Crippen molar-refractivity contribution in [2.24, 2.45) is 17.8 Å². The van der Waals surface area contributed by atoms with Crippen molar-refractivity contribution >= 4 is 39.6 Å². The quantitative estimate of drug-likeness (QED) is 0.434. The number of carbonyl (C=O) groups is 2. The Morgan fingerprint density at radius 1 is 1.00 bits per heavy atom. The molecule has 3 N–H and O–H groups in total. The van der Waals surface area contributed by atoms with Crippen LogP contribution in [-0.4, -0.2) is 84.3 Å². The summed E-state index contributed by atoms with van der Waals surface area (Å²) < 4.78 is 2.10. The molecule has 212 valence electrons. The molecule has 3 aromatic rings. The third kappa shape index (κ3) is 3.97. The molecular weight excluding hydrogens is 506 g/mol. The Kier molecular flexibility index (Phi) is 5.75. The van der Waals surface area contributed by atoms with Crippen molar-refractivity contribution < 1.29 is 14.7 Å². The number of H-pyrrole nitrogens is 1. The maximum atomic E-state index is 13.3. The van der Waals surface area contributed by atoms with Crippen LogP contribution in [0.4, 0.5) is 5.82 Å². The number of hydrogen-bond acceptors (Lipinski definition) is 6. The minimum atomic E-state index is -0.628. The van der Waals surface area contributed by atoms with Crippen LogP contribution in [-0.2, 0) is 9.59 Å². The molecule has 4 saturated carbocycles. The molecule has 3 aromatic heterocycles. The molecule has 6 fully saturated rings. The topological polar surface area (TPSA) is 119 Å². The van der Waals surface area contributed by atoms with Crippen LogP contribution in [0.1, 0.15) is 70.3 Å². The maximum Gasteiger partial charge on any atom is 0.315 e. The number of aromatic amines is 1. The molecule has 0 aromatic carbocycles. The van der Waals surface area contributed by atoms with Gasteiger partial charge in [0.25, 0.3) is 0 Å². The highest BCUT2D eigenvalue weighted by Gasteiger charge is 2.56. The Morgan fingerprint density at radius 3 is 2.48 bits per heavy atom. The molecule has 9 rings (SSSR count). The van der Waals surface area contributed by atoms with Gasteiger partial charge in [0, 0.05) is 36.9 Å². The van der Waals surface area contributed by atoms with Crippen LogP contribution in [0.15, 0.2) is 18.5 Å². The lowest BCUT2D eigenvalue weighted by molar-refractivity contribution is -0.148. The molecule has 2 saturated heterocycles. The Balaban J connectivity index is 1.06. The highest BCUT2D eigenvalue weighted by molar-refractivity contribution is 6.40. The Bertz CT molecular complexity index is 1450. The van der Waals surface area contributed by atoms with Crippen LogP contribution in [0, 0.1) is 17.8 Å². The molecule has 10 nitrogen and oxygen atoms in total. The highest BCUT2D eigenvalue weighted by atomic mass is 16.3. The van der Waals surface area contributed by atoms with E-state index in [0.29, 0.717) is 42.7 Å². The van der Waals surface area contributed by atoms with Gasteiger partial charge in [0.05, 0.1) is 22.5 Å². The van der Waals surface area contributed by atoms with Gasteiger partial charge < -0.3 is 25.2 Å². The summed E-state index contributed by atoms with van der Waals surface area (Å²) >= 11 is 0. The summed E-state index contributed by atoms with van der Waals surface area (Å²) in [6.07, 6.45) is 14.1. The van der Waals surface area contributed by atoms with Gasteiger partial charge in [-0.3, -0.25) is 14.3 Å². The van der Waals surface area contributed by atoms with Gasteiger partial charge in [-0.25, -0.2) is 4.98 Å². The van der Waals surface area contributed by atoms with Crippen LogP contribution < -0.4 is 5.32 Å². The van der Waals surface area contributed by atoms with Crippen LogP contribution >= 0.6 is 0 Å². The molecule has 4 aliphatic carbocycles. The second-order valence-electron chi connectivity index (χ2n) is 13.3. The van der Waals surface area contributed by atoms with Crippen molar-refractivity contribution in [2.45, 2.75) is 81.9 Å². The van der Waals surface area contributed by atoms with Crippen molar-refractivity contribution in [1.29, 1.82) is 0 Å². The van der Waals surface area contributed by atoms with Gasteiger partial charge in [0.2, 0.25) is 0 Å². The number of likely N-dealkylation sites (tertiary alicyclic amines) is 2. The number of nitrogens with zero attached hydrogens (tertiary/aromatic N) is 5. The van der Waals surface area contributed by atoms with E-state index in [1.165, 1.54) is 19.3 Å². The lowest BCUT2D eigenvalue weighted by atomic mass is 9.52. The van der Waals surface area contributed by atoms with Crippen molar-refractivity contribution in [2.75, 3.05) is 31.5 Å². The minimum Gasteiger partial charge on any atom is -0.390 e. The molecule has 2 amide bonds. The monoisotopic (exact) mass is 545 g/mol. The number of hydrogen-bond donors (Lipinski definition) is 3. The van der Waals surface area contributed by atoms with E-state index in [9.17, 15) is 14.7 Å². The first-order valence-electron chi connectivity index (χ1n) is 15.4. The Morgan fingerprint density at radius 2 is 1.75 bits per heavy atom. The third-order valence-electron chi connectivity index (χ3n) is 10.8. The van der Waals surface area contributed by atoms with Crippen LogP contribution in [0.5, 0.6) is 0 Å². The predicted octanol–water partition coefficient (Wildman–Crippen LogP) is 3.44. The summed E-state index contributed by atoms with van der Waals surface area (Å²) in [6, 6.07) is 2.69. The van der Waals surface area contributed by atoms with Gasteiger partial charge in [0.15, 0.2) is 5.82 Å². The number of anilines is 1. The number of aromatic nitrogens is 4. The summed E-state index contributed by atoms with van der Waals surface area (Å²) in [5.74, 6) is 0.592. The largest absolute Gasteiger partial charge is 0.390 e. The fraction of sp³-hybridized carbons (Fsp3) is 0.667. The lowest BCUT2D eigenvalue weighted by Crippen LogP contribution is -2.55. The van der Waals surface area contributed by atoms with Gasteiger partial charge in [-0.1, -0.05) is 6.42 Å². The predicted molar refractivity (Wildman–Crippen MR) is 151 cm³/mol. The van der Waals surface area contributed by atoms with E-state index in [4.69, 9.17) is 5.10 Å². The molecular formula is C30H39N7O3. The number of fused-ring (bicyclic) bond motifs is 3. The molecule has 5 heterocycles. The van der Waals surface area contributed by atoms with Gasteiger partial charge in [-0.15, -0.1) is 0 Å². The number of aliphatic hydroxyl groups is 1. The fourth-order valence-corrected chi connectivity index (χ4v) is 9.31. The van der Waals surface area contributed by atoms with Gasteiger partial charge in [0.1, 0.15) is 5.65 Å². The SMILES string of the molecule is O=C(Nc1nn([C@H]2[C@@H]3CC4C[C@H]2C[C@@](O)(C4)C3)c2c1cnc1[nH]ccc12)C(=O)N1CCC(N2CCCCC2)CC1. The number of pyridine rings is 1. The zero-order chi connectivity index (χ0) is 27.0. The Hall–Kier alpha value is -2.98. The standard InChI is InChI=1S/C30H39N7O3/c38-28(29(39)36-10-5-21(6-11-36)35-8-2-1-3-9-35)33-27-23-17-32-26-22(4-7-31-26)25(23)37(34-27)24-19-12-18-13-20(24)16-30(40,14-18)15-19/h4,7,17-21,24,40H,1-3,5-6,8-16H2,(H,31,32)(H,33,34,38)/t18?,19-,20+,24+,30-. The van der Waals surface area contributed by atoms with Gasteiger partial charge in [-0.2, -0.15) is 5.10 Å². The zero-order valence-corrected chi connectivity index (χ0v) is 23.0. The molecule has 1 unspecified atom stereocenters. The summed E-state index contributed by atoms with van der Waals surface area (Å²) in [7, 11) is 0. The number of carbonyl (C=O) groups excluding carboxylic acids is 2. The van der Waals surface area contributed by atoms with E-state index in [1.54, 1.807) is 11.1 Å². The van der Waals surface area contributed by atoms with E-state index in [1.807, 2.05) is 12.3 Å². The van der Waals surface area contributed by atoms with Crippen molar-refractivity contribution in [3.05, 3.63) is 18.5 Å². The van der Waals surface area contributed by atoms with Crippen LogP contribution in [0.25, 0.3) is 21.9 Å². The number of piperidine rings is 2. The molecule has 0 spiro atoms.